The van der Waals surface area contributed by atoms with E-state index in [0.29, 0.717) is 30.8 Å². The van der Waals surface area contributed by atoms with E-state index in [2.05, 4.69) is 0 Å². The number of carbonyl (C=O) groups excluding carboxylic acids is 2. The van der Waals surface area contributed by atoms with E-state index in [1.807, 2.05) is 17.9 Å². The van der Waals surface area contributed by atoms with E-state index in [9.17, 15) is 9.59 Å². The fourth-order valence-electron chi connectivity index (χ4n) is 2.48. The van der Waals surface area contributed by atoms with E-state index in [1.54, 1.807) is 12.1 Å². The second-order valence-corrected chi connectivity index (χ2v) is 5.33. The number of nitrogen functional groups attached to an aromatic ring is 1. The standard InChI is InChI=1S/C14H19N3O3/c1-14(13(16)19)6-7-17(8-14)10-5-3-4-9(11(10)15)12(18)20-2/h3-5H,6-8,15H2,1-2H3,(H2,16,19). The SMILES string of the molecule is COC(=O)c1cccc(N2CCC(C)(C(N)=O)C2)c1N. The van der Waals surface area contributed by atoms with Crippen LogP contribution in [0.4, 0.5) is 11.4 Å². The minimum absolute atomic E-state index is 0.317. The van der Waals surface area contributed by atoms with Gasteiger partial charge < -0.3 is 21.1 Å². The number of amides is 1. The first-order valence-corrected chi connectivity index (χ1v) is 6.41. The Bertz CT molecular complexity index is 559. The average molecular weight is 277 g/mol. The third-order valence-electron chi connectivity index (χ3n) is 3.90. The van der Waals surface area contributed by atoms with Crippen molar-refractivity contribution in [1.29, 1.82) is 0 Å². The summed E-state index contributed by atoms with van der Waals surface area (Å²) in [7, 11) is 1.31. The lowest BCUT2D eigenvalue weighted by molar-refractivity contribution is -0.125. The molecule has 0 saturated carbocycles. The van der Waals surface area contributed by atoms with E-state index in [1.165, 1.54) is 7.11 Å². The Labute approximate surface area is 117 Å². The number of primary amides is 1. The smallest absolute Gasteiger partial charge is 0.340 e. The van der Waals surface area contributed by atoms with Crippen LogP contribution in [0.25, 0.3) is 0 Å². The predicted molar refractivity (Wildman–Crippen MR) is 76.3 cm³/mol. The molecule has 1 atom stereocenters. The molecule has 108 valence electrons. The molecule has 0 spiro atoms. The van der Waals surface area contributed by atoms with Gasteiger partial charge in [-0.25, -0.2) is 4.79 Å². The predicted octanol–water partition coefficient (Wildman–Crippen LogP) is 0.757. The maximum absolute atomic E-state index is 11.6. The lowest BCUT2D eigenvalue weighted by Crippen LogP contribution is -2.37. The summed E-state index contributed by atoms with van der Waals surface area (Å²) in [6.07, 6.45) is 0.671. The molecule has 1 aliphatic heterocycles. The summed E-state index contributed by atoms with van der Waals surface area (Å²) in [4.78, 5) is 25.1. The maximum atomic E-state index is 11.6. The monoisotopic (exact) mass is 277 g/mol. The van der Waals surface area contributed by atoms with Crippen LogP contribution in [0.3, 0.4) is 0 Å². The molecule has 6 heteroatoms. The molecule has 1 fully saturated rings. The van der Waals surface area contributed by atoms with Crippen molar-refractivity contribution in [1.82, 2.24) is 0 Å². The van der Waals surface area contributed by atoms with Crippen LogP contribution >= 0.6 is 0 Å². The van der Waals surface area contributed by atoms with Crippen molar-refractivity contribution in [3.63, 3.8) is 0 Å². The topological polar surface area (TPSA) is 98.6 Å². The first-order valence-electron chi connectivity index (χ1n) is 6.41. The molecular weight excluding hydrogens is 258 g/mol. The molecule has 0 radical (unpaired) electrons. The summed E-state index contributed by atoms with van der Waals surface area (Å²) in [5, 5.41) is 0. The Morgan fingerprint density at radius 2 is 2.10 bits per heavy atom. The Balaban J connectivity index is 2.32. The highest BCUT2D eigenvalue weighted by Crippen LogP contribution is 2.36. The van der Waals surface area contributed by atoms with Gasteiger partial charge in [-0.15, -0.1) is 0 Å². The summed E-state index contributed by atoms with van der Waals surface area (Å²) in [6, 6.07) is 5.19. The van der Waals surface area contributed by atoms with Gasteiger partial charge in [0.2, 0.25) is 5.91 Å². The van der Waals surface area contributed by atoms with Crippen LogP contribution in [0.1, 0.15) is 23.7 Å². The fourth-order valence-corrected chi connectivity index (χ4v) is 2.48. The van der Waals surface area contributed by atoms with Crippen molar-refractivity contribution in [2.75, 3.05) is 30.8 Å². The fraction of sp³-hybridized carbons (Fsp3) is 0.429. The average Bonchev–Trinajstić information content (AvgIpc) is 2.82. The third-order valence-corrected chi connectivity index (χ3v) is 3.90. The van der Waals surface area contributed by atoms with Crippen molar-refractivity contribution in [2.24, 2.45) is 11.1 Å². The second kappa shape index (κ2) is 5.03. The van der Waals surface area contributed by atoms with Gasteiger partial charge in [-0.2, -0.15) is 0 Å². The lowest BCUT2D eigenvalue weighted by atomic mass is 9.89. The van der Waals surface area contributed by atoms with Crippen LogP contribution < -0.4 is 16.4 Å². The van der Waals surface area contributed by atoms with Crippen molar-refractivity contribution >= 4 is 23.3 Å². The Hall–Kier alpha value is -2.24. The largest absolute Gasteiger partial charge is 0.465 e. The molecular formula is C14H19N3O3. The second-order valence-electron chi connectivity index (χ2n) is 5.33. The first-order chi connectivity index (χ1) is 9.39. The molecule has 6 nitrogen and oxygen atoms in total. The molecule has 1 aliphatic rings. The molecule has 1 heterocycles. The Morgan fingerprint density at radius 1 is 1.40 bits per heavy atom. The number of para-hydroxylation sites is 1. The van der Waals surface area contributed by atoms with Gasteiger partial charge in [-0.1, -0.05) is 6.07 Å². The van der Waals surface area contributed by atoms with Gasteiger partial charge in [0.1, 0.15) is 0 Å². The Morgan fingerprint density at radius 3 is 2.65 bits per heavy atom. The van der Waals surface area contributed by atoms with Crippen molar-refractivity contribution < 1.29 is 14.3 Å². The number of anilines is 2. The van der Waals surface area contributed by atoms with E-state index in [-0.39, 0.29) is 5.91 Å². The molecule has 20 heavy (non-hydrogen) atoms. The molecule has 2 rings (SSSR count). The number of ether oxygens (including phenoxy) is 1. The number of nitrogens with two attached hydrogens (primary N) is 2. The van der Waals surface area contributed by atoms with E-state index in [4.69, 9.17) is 16.2 Å². The van der Waals surface area contributed by atoms with Gasteiger partial charge in [0, 0.05) is 13.1 Å². The third kappa shape index (κ3) is 2.29. The quantitative estimate of drug-likeness (QED) is 0.627. The number of methoxy groups -OCH3 is 1. The Kier molecular flexibility index (Phi) is 3.57. The number of benzene rings is 1. The zero-order chi connectivity index (χ0) is 14.9. The molecule has 0 bridgehead atoms. The highest BCUT2D eigenvalue weighted by Gasteiger charge is 2.39. The number of nitrogens with zero attached hydrogens (tertiary/aromatic N) is 1. The van der Waals surface area contributed by atoms with Crippen molar-refractivity contribution in [3.05, 3.63) is 23.8 Å². The highest BCUT2D eigenvalue weighted by atomic mass is 16.5. The van der Waals surface area contributed by atoms with Crippen LogP contribution in [-0.4, -0.2) is 32.1 Å². The molecule has 0 aliphatic carbocycles. The minimum atomic E-state index is -0.562. The molecule has 1 amide bonds. The van der Waals surface area contributed by atoms with Gasteiger partial charge >= 0.3 is 5.97 Å². The number of hydrogen-bond donors (Lipinski definition) is 2. The van der Waals surface area contributed by atoms with E-state index in [0.717, 1.165) is 5.69 Å². The number of hydrogen-bond acceptors (Lipinski definition) is 5. The zero-order valence-corrected chi connectivity index (χ0v) is 11.7. The van der Waals surface area contributed by atoms with Gasteiger partial charge in [-0.3, -0.25) is 4.79 Å². The van der Waals surface area contributed by atoms with Crippen LogP contribution in [0.15, 0.2) is 18.2 Å². The number of esters is 1. The normalized spacial score (nSPS) is 21.8. The van der Waals surface area contributed by atoms with E-state index < -0.39 is 11.4 Å². The van der Waals surface area contributed by atoms with Gasteiger partial charge in [0.25, 0.3) is 0 Å². The maximum Gasteiger partial charge on any atom is 0.340 e. The van der Waals surface area contributed by atoms with Crippen LogP contribution in [0.5, 0.6) is 0 Å². The molecule has 1 unspecified atom stereocenters. The van der Waals surface area contributed by atoms with Gasteiger partial charge in [-0.05, 0) is 25.5 Å². The van der Waals surface area contributed by atoms with Gasteiger partial charge in [0.15, 0.2) is 0 Å². The summed E-state index contributed by atoms with van der Waals surface area (Å²) >= 11 is 0. The molecule has 1 aromatic rings. The molecule has 1 aromatic carbocycles. The molecule has 1 saturated heterocycles. The summed E-state index contributed by atoms with van der Waals surface area (Å²) in [5.74, 6) is -0.788. The summed E-state index contributed by atoms with van der Waals surface area (Å²) in [5.41, 5.74) is 12.4. The minimum Gasteiger partial charge on any atom is -0.465 e. The van der Waals surface area contributed by atoms with Crippen molar-refractivity contribution in [3.8, 4) is 0 Å². The summed E-state index contributed by atoms with van der Waals surface area (Å²) in [6.45, 7) is 3.01. The highest BCUT2D eigenvalue weighted by molar-refractivity contribution is 5.98. The zero-order valence-electron chi connectivity index (χ0n) is 11.7. The number of rotatable bonds is 3. The first kappa shape index (κ1) is 14.2. The van der Waals surface area contributed by atoms with Gasteiger partial charge in [0.05, 0.1) is 29.5 Å². The van der Waals surface area contributed by atoms with Crippen molar-refractivity contribution in [2.45, 2.75) is 13.3 Å². The van der Waals surface area contributed by atoms with Crippen LogP contribution in [0.2, 0.25) is 0 Å². The molecule has 4 N–H and O–H groups in total. The molecule has 0 aromatic heterocycles. The van der Waals surface area contributed by atoms with E-state index >= 15 is 0 Å². The number of carbonyl (C=O) groups is 2. The summed E-state index contributed by atoms with van der Waals surface area (Å²) < 4.78 is 4.70. The van der Waals surface area contributed by atoms with Crippen LogP contribution in [-0.2, 0) is 9.53 Å². The van der Waals surface area contributed by atoms with Crippen LogP contribution in [0, 0.1) is 5.41 Å². The lowest BCUT2D eigenvalue weighted by Gasteiger charge is -2.24.